The Labute approximate surface area is 152 Å². The molecule has 130 valence electrons. The Bertz CT molecular complexity index is 710. The number of rotatable bonds is 7. The molecule has 0 atom stereocenters. The van der Waals surface area contributed by atoms with E-state index in [4.69, 9.17) is 4.74 Å². The van der Waals surface area contributed by atoms with E-state index in [0.717, 1.165) is 22.7 Å². The summed E-state index contributed by atoms with van der Waals surface area (Å²) in [5.41, 5.74) is 1.68. The molecule has 1 heterocycles. The van der Waals surface area contributed by atoms with Crippen LogP contribution in [0.15, 0.2) is 34.9 Å². The lowest BCUT2D eigenvalue weighted by atomic mass is 10.1. The average Bonchev–Trinajstić information content (AvgIpc) is 2.93. The summed E-state index contributed by atoms with van der Waals surface area (Å²) < 4.78 is 8.24. The number of amides is 1. The Morgan fingerprint density at radius 1 is 1.33 bits per heavy atom. The van der Waals surface area contributed by atoms with Gasteiger partial charge in [-0.3, -0.25) is 4.79 Å². The largest absolute Gasteiger partial charge is 0.360 e. The van der Waals surface area contributed by atoms with Gasteiger partial charge in [-0.15, -0.1) is 0 Å². The van der Waals surface area contributed by atoms with Crippen molar-refractivity contribution in [3.63, 3.8) is 0 Å². The molecule has 5 nitrogen and oxygen atoms in total. The van der Waals surface area contributed by atoms with E-state index >= 15 is 0 Å². The Kier molecular flexibility index (Phi) is 6.37. The predicted octanol–water partition coefficient (Wildman–Crippen LogP) is 4.52. The maximum absolute atomic E-state index is 12.2. The van der Waals surface area contributed by atoms with Gasteiger partial charge < -0.3 is 10.1 Å². The van der Waals surface area contributed by atoms with E-state index in [0.29, 0.717) is 18.1 Å². The summed E-state index contributed by atoms with van der Waals surface area (Å²) in [5.74, 6) is 0.339. The summed E-state index contributed by atoms with van der Waals surface area (Å²) in [6.07, 6.45) is 1.80. The first-order valence-corrected chi connectivity index (χ1v) is 12.4. The number of nitrogens with zero attached hydrogens (tertiary/aromatic N) is 2. The fraction of sp³-hybridized carbons (Fsp3) is 0.412. The Morgan fingerprint density at radius 2 is 2.08 bits per heavy atom. The zero-order valence-electron chi connectivity index (χ0n) is 14.6. The number of carbonyl (C=O) groups excluding carboxylic acids is 1. The Balaban J connectivity index is 1.86. The van der Waals surface area contributed by atoms with Crippen LogP contribution in [0.4, 0.5) is 5.82 Å². The third-order valence-electron chi connectivity index (χ3n) is 3.54. The van der Waals surface area contributed by atoms with Gasteiger partial charge in [0, 0.05) is 37.0 Å². The highest BCUT2D eigenvalue weighted by Gasteiger charge is 2.12. The molecule has 0 saturated heterocycles. The zero-order chi connectivity index (χ0) is 17.7. The monoisotopic (exact) mass is 409 g/mol. The number of hydrogen-bond donors (Lipinski definition) is 1. The van der Waals surface area contributed by atoms with Gasteiger partial charge >= 0.3 is 0 Å². The summed E-state index contributed by atoms with van der Waals surface area (Å²) >= 11 is 3.44. The summed E-state index contributed by atoms with van der Waals surface area (Å²) in [6, 6.07) is 8.40. The van der Waals surface area contributed by atoms with Crippen molar-refractivity contribution in [3.8, 4) is 0 Å². The van der Waals surface area contributed by atoms with Crippen LogP contribution in [0.5, 0.6) is 0 Å². The second kappa shape index (κ2) is 8.09. The molecular weight excluding hydrogens is 386 g/mol. The summed E-state index contributed by atoms with van der Waals surface area (Å²) in [4.78, 5) is 12.2. The van der Waals surface area contributed by atoms with Gasteiger partial charge in [0.15, 0.2) is 5.82 Å². The third kappa shape index (κ3) is 5.88. The first-order chi connectivity index (χ1) is 11.2. The quantitative estimate of drug-likeness (QED) is 0.540. The van der Waals surface area contributed by atoms with Crippen LogP contribution < -0.4 is 5.32 Å². The molecule has 7 heteroatoms. The van der Waals surface area contributed by atoms with E-state index < -0.39 is 8.07 Å². The SMILES string of the molecule is Cc1ccc(C(=O)Nc2ccn(COCC[Si](C)(C)C)n2)cc1Br. The molecule has 0 saturated carbocycles. The highest BCUT2D eigenvalue weighted by Crippen LogP contribution is 2.18. The molecule has 1 aromatic carbocycles. The van der Waals surface area contributed by atoms with Crippen LogP contribution in [-0.2, 0) is 11.5 Å². The minimum Gasteiger partial charge on any atom is -0.360 e. The molecule has 0 radical (unpaired) electrons. The molecule has 2 aromatic rings. The third-order valence-corrected chi connectivity index (χ3v) is 6.09. The van der Waals surface area contributed by atoms with E-state index in [9.17, 15) is 4.79 Å². The van der Waals surface area contributed by atoms with Gasteiger partial charge in [-0.25, -0.2) is 4.68 Å². The number of carbonyl (C=O) groups is 1. The summed E-state index contributed by atoms with van der Waals surface area (Å²) in [6.45, 7) is 10.1. The van der Waals surface area contributed by atoms with Crippen molar-refractivity contribution in [1.82, 2.24) is 9.78 Å². The number of ether oxygens (including phenoxy) is 1. The van der Waals surface area contributed by atoms with Crippen LogP contribution in [-0.4, -0.2) is 30.4 Å². The molecule has 0 aliphatic carbocycles. The lowest BCUT2D eigenvalue weighted by Crippen LogP contribution is -2.22. The average molecular weight is 410 g/mol. The summed E-state index contributed by atoms with van der Waals surface area (Å²) in [5, 5.41) is 7.11. The van der Waals surface area contributed by atoms with Gasteiger partial charge in [0.1, 0.15) is 6.73 Å². The van der Waals surface area contributed by atoms with Gasteiger partial charge in [0.05, 0.1) is 0 Å². The highest BCUT2D eigenvalue weighted by atomic mass is 79.9. The predicted molar refractivity (Wildman–Crippen MR) is 103 cm³/mol. The second-order valence-electron chi connectivity index (χ2n) is 7.01. The van der Waals surface area contributed by atoms with Crippen molar-refractivity contribution >= 4 is 35.7 Å². The number of hydrogen-bond acceptors (Lipinski definition) is 3. The first-order valence-electron chi connectivity index (χ1n) is 7.93. The van der Waals surface area contributed by atoms with Gasteiger partial charge in [0.2, 0.25) is 0 Å². The van der Waals surface area contributed by atoms with Crippen molar-refractivity contribution in [2.45, 2.75) is 39.3 Å². The molecule has 0 spiro atoms. The van der Waals surface area contributed by atoms with Crippen LogP contribution in [0.2, 0.25) is 25.7 Å². The number of anilines is 1. The minimum absolute atomic E-state index is 0.180. The van der Waals surface area contributed by atoms with Gasteiger partial charge in [-0.1, -0.05) is 41.6 Å². The van der Waals surface area contributed by atoms with E-state index in [2.05, 4.69) is 46.0 Å². The van der Waals surface area contributed by atoms with E-state index in [-0.39, 0.29) is 5.91 Å². The lowest BCUT2D eigenvalue weighted by molar-refractivity contribution is 0.0787. The van der Waals surface area contributed by atoms with Crippen molar-refractivity contribution in [1.29, 1.82) is 0 Å². The fourth-order valence-corrected chi connectivity index (χ4v) is 3.09. The number of halogens is 1. The van der Waals surface area contributed by atoms with Crippen LogP contribution >= 0.6 is 15.9 Å². The number of aryl methyl sites for hydroxylation is 1. The van der Waals surface area contributed by atoms with Crippen LogP contribution in [0.1, 0.15) is 15.9 Å². The minimum atomic E-state index is -1.07. The normalized spacial score (nSPS) is 11.5. The molecule has 1 amide bonds. The molecule has 0 bridgehead atoms. The molecule has 2 rings (SSSR count). The molecule has 0 fully saturated rings. The van der Waals surface area contributed by atoms with E-state index in [1.165, 1.54) is 0 Å². The molecule has 0 aliphatic rings. The van der Waals surface area contributed by atoms with E-state index in [1.54, 1.807) is 29.1 Å². The second-order valence-corrected chi connectivity index (χ2v) is 13.5. The number of aromatic nitrogens is 2. The maximum atomic E-state index is 12.2. The highest BCUT2D eigenvalue weighted by molar-refractivity contribution is 9.10. The summed E-state index contributed by atoms with van der Waals surface area (Å²) in [7, 11) is -1.07. The Hall–Kier alpha value is -1.44. The fourth-order valence-electron chi connectivity index (χ4n) is 1.96. The Morgan fingerprint density at radius 3 is 2.75 bits per heavy atom. The van der Waals surface area contributed by atoms with Gasteiger partial charge in [-0.2, -0.15) is 5.10 Å². The van der Waals surface area contributed by atoms with Crippen LogP contribution in [0, 0.1) is 6.92 Å². The molecule has 1 N–H and O–H groups in total. The standard InChI is InChI=1S/C17H24BrN3O2Si/c1-13-5-6-14(11-15(13)18)17(22)19-16-7-8-21(20-16)12-23-9-10-24(2,3)4/h5-8,11H,9-10,12H2,1-4H3,(H,19,20,22). The van der Waals surface area contributed by atoms with E-state index in [1.807, 2.05) is 13.0 Å². The molecule has 1 aromatic heterocycles. The van der Waals surface area contributed by atoms with Gasteiger partial charge in [0.25, 0.3) is 5.91 Å². The van der Waals surface area contributed by atoms with Crippen LogP contribution in [0.3, 0.4) is 0 Å². The smallest absolute Gasteiger partial charge is 0.256 e. The first kappa shape index (κ1) is 18.9. The van der Waals surface area contributed by atoms with Crippen molar-refractivity contribution in [3.05, 3.63) is 46.1 Å². The molecule has 0 unspecified atom stereocenters. The lowest BCUT2D eigenvalue weighted by Gasteiger charge is -2.15. The van der Waals surface area contributed by atoms with Crippen molar-refractivity contribution in [2.75, 3.05) is 11.9 Å². The zero-order valence-corrected chi connectivity index (χ0v) is 17.2. The molecular formula is C17H24BrN3O2Si. The van der Waals surface area contributed by atoms with Gasteiger partial charge in [-0.05, 0) is 30.7 Å². The number of benzene rings is 1. The van der Waals surface area contributed by atoms with Crippen molar-refractivity contribution in [2.24, 2.45) is 0 Å². The molecule has 0 aliphatic heterocycles. The topological polar surface area (TPSA) is 56.2 Å². The maximum Gasteiger partial charge on any atom is 0.256 e. The molecule has 24 heavy (non-hydrogen) atoms. The van der Waals surface area contributed by atoms with Crippen LogP contribution in [0.25, 0.3) is 0 Å². The number of nitrogens with one attached hydrogen (secondary N) is 1. The van der Waals surface area contributed by atoms with Crippen molar-refractivity contribution < 1.29 is 9.53 Å².